The van der Waals surface area contributed by atoms with Crippen LogP contribution in [0.2, 0.25) is 0 Å². The molecule has 1 aliphatic carbocycles. The topological polar surface area (TPSA) is 36.9 Å². The highest BCUT2D eigenvalue weighted by Crippen LogP contribution is 2.45. The Bertz CT molecular complexity index is 377. The Morgan fingerprint density at radius 1 is 0.941 bits per heavy atom. The standard InChI is InChI=1S/C12H17BrO4/c1-11(2)14-7-5-6(13)8-10(9(7)16-11)17-12(3,4)15-8/h5,7-10H,1-4H3/t7-,8-,9-,10-/m1/s1. The Hall–Kier alpha value is 0.0600. The van der Waals surface area contributed by atoms with Crippen molar-refractivity contribution in [2.45, 2.75) is 63.7 Å². The van der Waals surface area contributed by atoms with Crippen LogP contribution >= 0.6 is 15.9 Å². The molecule has 2 heterocycles. The third-order valence-corrected chi connectivity index (χ3v) is 3.93. The summed E-state index contributed by atoms with van der Waals surface area (Å²) in [5.74, 6) is -1.14. The fourth-order valence-corrected chi connectivity index (χ4v) is 3.31. The molecule has 3 aliphatic rings. The largest absolute Gasteiger partial charge is 0.341 e. The van der Waals surface area contributed by atoms with Crippen molar-refractivity contribution in [3.8, 4) is 0 Å². The molecule has 3 rings (SSSR count). The van der Waals surface area contributed by atoms with Gasteiger partial charge in [-0.2, -0.15) is 0 Å². The van der Waals surface area contributed by atoms with Crippen LogP contribution in [0.4, 0.5) is 0 Å². The summed E-state index contributed by atoms with van der Waals surface area (Å²) >= 11 is 3.54. The van der Waals surface area contributed by atoms with Crippen molar-refractivity contribution in [3.05, 3.63) is 10.6 Å². The summed E-state index contributed by atoms with van der Waals surface area (Å²) in [5, 5.41) is 0. The Morgan fingerprint density at radius 3 is 2.24 bits per heavy atom. The summed E-state index contributed by atoms with van der Waals surface area (Å²) in [6.45, 7) is 7.68. The summed E-state index contributed by atoms with van der Waals surface area (Å²) in [6, 6.07) is 0. The van der Waals surface area contributed by atoms with Gasteiger partial charge in [0.05, 0.1) is 0 Å². The van der Waals surface area contributed by atoms with Gasteiger partial charge in [0.2, 0.25) is 0 Å². The van der Waals surface area contributed by atoms with Crippen molar-refractivity contribution < 1.29 is 18.9 Å². The van der Waals surface area contributed by atoms with Crippen LogP contribution in [0.5, 0.6) is 0 Å². The quantitative estimate of drug-likeness (QED) is 0.688. The van der Waals surface area contributed by atoms with Crippen molar-refractivity contribution in [1.29, 1.82) is 0 Å². The van der Waals surface area contributed by atoms with E-state index in [0.29, 0.717) is 0 Å². The lowest BCUT2D eigenvalue weighted by Gasteiger charge is -2.28. The summed E-state index contributed by atoms with van der Waals surface area (Å²) in [4.78, 5) is 0. The SMILES string of the molecule is CC1(C)O[C@H]2[C@@H]3OC(C)(C)O[C@@H]3C=C(Br)[C@H]2O1. The predicted octanol–water partition coefficient (Wildman–Crippen LogP) is 2.32. The molecule has 0 aromatic carbocycles. The Kier molecular flexibility index (Phi) is 2.52. The molecule has 96 valence electrons. The zero-order valence-electron chi connectivity index (χ0n) is 10.4. The van der Waals surface area contributed by atoms with Crippen LogP contribution in [0.15, 0.2) is 10.6 Å². The monoisotopic (exact) mass is 304 g/mol. The lowest BCUT2D eigenvalue weighted by atomic mass is 9.96. The minimum atomic E-state index is -0.576. The van der Waals surface area contributed by atoms with Gasteiger partial charge in [-0.15, -0.1) is 0 Å². The van der Waals surface area contributed by atoms with Gasteiger partial charge in [0.1, 0.15) is 24.4 Å². The first-order valence-corrected chi connectivity index (χ1v) is 6.65. The molecule has 5 heteroatoms. The van der Waals surface area contributed by atoms with Crippen LogP contribution < -0.4 is 0 Å². The van der Waals surface area contributed by atoms with E-state index >= 15 is 0 Å². The van der Waals surface area contributed by atoms with Crippen molar-refractivity contribution in [2.24, 2.45) is 0 Å². The second-order valence-corrected chi connectivity index (χ2v) is 6.55. The summed E-state index contributed by atoms with van der Waals surface area (Å²) in [7, 11) is 0. The highest BCUT2D eigenvalue weighted by atomic mass is 79.9. The van der Waals surface area contributed by atoms with Crippen molar-refractivity contribution in [1.82, 2.24) is 0 Å². The molecular formula is C12H17BrO4. The molecule has 4 nitrogen and oxygen atoms in total. The zero-order chi connectivity index (χ0) is 12.4. The summed E-state index contributed by atoms with van der Waals surface area (Å²) in [5.41, 5.74) is 0. The van der Waals surface area contributed by atoms with E-state index in [1.165, 1.54) is 0 Å². The minimum absolute atomic E-state index is 0.0712. The smallest absolute Gasteiger partial charge is 0.164 e. The minimum Gasteiger partial charge on any atom is -0.341 e. The molecular weight excluding hydrogens is 288 g/mol. The maximum Gasteiger partial charge on any atom is 0.164 e. The molecule has 0 spiro atoms. The van der Waals surface area contributed by atoms with E-state index in [4.69, 9.17) is 18.9 Å². The van der Waals surface area contributed by atoms with Crippen molar-refractivity contribution >= 4 is 15.9 Å². The highest BCUT2D eigenvalue weighted by molar-refractivity contribution is 9.11. The third kappa shape index (κ3) is 1.98. The van der Waals surface area contributed by atoms with Crippen molar-refractivity contribution in [3.63, 3.8) is 0 Å². The molecule has 0 amide bonds. The highest BCUT2D eigenvalue weighted by Gasteiger charge is 2.56. The van der Waals surface area contributed by atoms with Gasteiger partial charge < -0.3 is 18.9 Å². The lowest BCUT2D eigenvalue weighted by Crippen LogP contribution is -2.44. The molecule has 4 atom stereocenters. The molecule has 2 fully saturated rings. The van der Waals surface area contributed by atoms with Gasteiger partial charge in [0.15, 0.2) is 11.6 Å². The van der Waals surface area contributed by atoms with E-state index in [-0.39, 0.29) is 24.4 Å². The first-order chi connectivity index (χ1) is 7.77. The van der Waals surface area contributed by atoms with Crippen LogP contribution in [0.1, 0.15) is 27.7 Å². The van der Waals surface area contributed by atoms with Crippen LogP contribution in [0, 0.1) is 0 Å². The van der Waals surface area contributed by atoms with E-state index in [0.717, 1.165) is 4.48 Å². The molecule has 0 saturated carbocycles. The second-order valence-electron chi connectivity index (χ2n) is 5.64. The van der Waals surface area contributed by atoms with Crippen LogP contribution in [0.3, 0.4) is 0 Å². The van der Waals surface area contributed by atoms with E-state index in [1.54, 1.807) is 0 Å². The van der Waals surface area contributed by atoms with Gasteiger partial charge in [-0.05, 0) is 33.8 Å². The average molecular weight is 305 g/mol. The van der Waals surface area contributed by atoms with Gasteiger partial charge in [0.25, 0.3) is 0 Å². The van der Waals surface area contributed by atoms with Gasteiger partial charge >= 0.3 is 0 Å². The van der Waals surface area contributed by atoms with Crippen molar-refractivity contribution in [2.75, 3.05) is 0 Å². The number of fused-ring (bicyclic) bond motifs is 3. The molecule has 0 aromatic rings. The predicted molar refractivity (Wildman–Crippen MR) is 64.7 cm³/mol. The van der Waals surface area contributed by atoms with E-state index in [9.17, 15) is 0 Å². The lowest BCUT2D eigenvalue weighted by molar-refractivity contribution is -0.175. The fourth-order valence-electron chi connectivity index (χ4n) is 2.69. The number of ether oxygens (including phenoxy) is 4. The molecule has 17 heavy (non-hydrogen) atoms. The Labute approximate surface area is 109 Å². The Morgan fingerprint density at radius 2 is 1.53 bits per heavy atom. The van der Waals surface area contributed by atoms with Gasteiger partial charge in [0, 0.05) is 4.48 Å². The summed E-state index contributed by atoms with van der Waals surface area (Å²) < 4.78 is 24.5. The molecule has 0 radical (unpaired) electrons. The molecule has 0 unspecified atom stereocenters. The van der Waals surface area contributed by atoms with E-state index in [2.05, 4.69) is 15.9 Å². The molecule has 2 saturated heterocycles. The third-order valence-electron chi connectivity index (χ3n) is 3.21. The molecule has 2 aliphatic heterocycles. The fraction of sp³-hybridized carbons (Fsp3) is 0.833. The number of halogens is 1. The maximum absolute atomic E-state index is 5.93. The molecule has 0 bridgehead atoms. The van der Waals surface area contributed by atoms with Crippen LogP contribution in [-0.2, 0) is 18.9 Å². The van der Waals surface area contributed by atoms with Gasteiger partial charge in [-0.1, -0.05) is 15.9 Å². The number of hydrogen-bond donors (Lipinski definition) is 0. The number of rotatable bonds is 0. The molecule has 0 N–H and O–H groups in total. The maximum atomic E-state index is 5.93. The molecule has 0 aromatic heterocycles. The van der Waals surface area contributed by atoms with E-state index in [1.807, 2.05) is 33.8 Å². The Balaban J connectivity index is 1.92. The normalized spacial score (nSPS) is 46.3. The number of hydrogen-bond acceptors (Lipinski definition) is 4. The first-order valence-electron chi connectivity index (χ1n) is 5.86. The zero-order valence-corrected chi connectivity index (χ0v) is 12.0. The van der Waals surface area contributed by atoms with Gasteiger partial charge in [-0.25, -0.2) is 0 Å². The van der Waals surface area contributed by atoms with Gasteiger partial charge in [-0.3, -0.25) is 0 Å². The second kappa shape index (κ2) is 3.54. The van der Waals surface area contributed by atoms with Crippen LogP contribution in [0.25, 0.3) is 0 Å². The van der Waals surface area contributed by atoms with E-state index < -0.39 is 11.6 Å². The first kappa shape index (κ1) is 12.1. The average Bonchev–Trinajstić information content (AvgIpc) is 2.62. The van der Waals surface area contributed by atoms with Crippen LogP contribution in [-0.4, -0.2) is 36.0 Å². The summed E-state index contributed by atoms with van der Waals surface area (Å²) in [6.07, 6.45) is 1.64.